The summed E-state index contributed by atoms with van der Waals surface area (Å²) >= 11 is 0. The molecule has 1 fully saturated rings. The number of carbonyl (C=O) groups excluding carboxylic acids is 1. The molecule has 0 unspecified atom stereocenters. The molecule has 1 atom stereocenters. The smallest absolute Gasteiger partial charge is 0.229 e. The summed E-state index contributed by atoms with van der Waals surface area (Å²) in [6, 6.07) is 7.87. The summed E-state index contributed by atoms with van der Waals surface area (Å²) in [7, 11) is 0. The Labute approximate surface area is 146 Å². The zero-order valence-electron chi connectivity index (χ0n) is 14.4. The van der Waals surface area contributed by atoms with Gasteiger partial charge in [-0.1, -0.05) is 17.3 Å². The minimum atomic E-state index is 0.118. The molecule has 0 radical (unpaired) electrons. The number of benzene rings is 1. The first-order valence-electron chi connectivity index (χ1n) is 8.82. The lowest BCUT2D eigenvalue weighted by Gasteiger charge is -2.35. The number of hydrogen-bond donors (Lipinski definition) is 0. The molecular formula is C19H22N4O2. The predicted octanol–water partition coefficient (Wildman–Crippen LogP) is 2.96. The Balaban J connectivity index is 1.50. The Kier molecular flexibility index (Phi) is 4.26. The Bertz CT molecular complexity index is 882. The van der Waals surface area contributed by atoms with E-state index in [-0.39, 0.29) is 18.4 Å². The largest absolute Gasteiger partial charge is 0.356 e. The summed E-state index contributed by atoms with van der Waals surface area (Å²) in [6.45, 7) is 3.58. The van der Waals surface area contributed by atoms with E-state index in [1.807, 2.05) is 53.2 Å². The molecule has 3 aromatic rings. The van der Waals surface area contributed by atoms with Crippen molar-refractivity contribution in [2.75, 3.05) is 6.54 Å². The average molecular weight is 338 g/mol. The number of piperidine rings is 1. The van der Waals surface area contributed by atoms with Gasteiger partial charge in [0.1, 0.15) is 5.69 Å². The predicted molar refractivity (Wildman–Crippen MR) is 94.0 cm³/mol. The lowest BCUT2D eigenvalue weighted by molar-refractivity contribution is -0.134. The fourth-order valence-corrected chi connectivity index (χ4v) is 3.61. The van der Waals surface area contributed by atoms with Gasteiger partial charge in [0, 0.05) is 18.1 Å². The number of rotatable bonds is 4. The third-order valence-electron chi connectivity index (χ3n) is 4.88. The molecule has 0 N–H and O–H groups in total. The summed E-state index contributed by atoms with van der Waals surface area (Å²) < 4.78 is 7.27. The van der Waals surface area contributed by atoms with Gasteiger partial charge in [0.25, 0.3) is 0 Å². The van der Waals surface area contributed by atoms with E-state index >= 15 is 0 Å². The van der Waals surface area contributed by atoms with Crippen LogP contribution in [0.2, 0.25) is 0 Å². The number of para-hydroxylation sites is 1. The van der Waals surface area contributed by atoms with E-state index in [0.717, 1.165) is 54.6 Å². The van der Waals surface area contributed by atoms with Crippen LogP contribution in [0.25, 0.3) is 11.0 Å². The molecule has 1 saturated heterocycles. The maximum absolute atomic E-state index is 12.9. The first-order chi connectivity index (χ1) is 12.2. The van der Waals surface area contributed by atoms with Gasteiger partial charge in [-0.2, -0.15) is 5.10 Å². The van der Waals surface area contributed by atoms with Crippen LogP contribution < -0.4 is 0 Å². The minimum absolute atomic E-state index is 0.118. The SMILES string of the molecule is Cc1cnn(C[C@H]2CCCCN2C(=O)Cc2noc3ccccc23)c1. The van der Waals surface area contributed by atoms with Crippen molar-refractivity contribution >= 4 is 16.9 Å². The summed E-state index contributed by atoms with van der Waals surface area (Å²) in [5.74, 6) is 0.118. The second kappa shape index (κ2) is 6.70. The molecule has 1 aromatic carbocycles. The first-order valence-corrected chi connectivity index (χ1v) is 8.82. The summed E-state index contributed by atoms with van der Waals surface area (Å²) in [4.78, 5) is 14.9. The number of carbonyl (C=O) groups is 1. The van der Waals surface area contributed by atoms with Crippen molar-refractivity contribution in [3.63, 3.8) is 0 Å². The van der Waals surface area contributed by atoms with E-state index in [9.17, 15) is 4.79 Å². The molecular weight excluding hydrogens is 316 g/mol. The van der Waals surface area contributed by atoms with Gasteiger partial charge in [0.05, 0.1) is 25.2 Å². The van der Waals surface area contributed by atoms with Gasteiger partial charge in [-0.25, -0.2) is 0 Å². The average Bonchev–Trinajstić information content (AvgIpc) is 3.22. The van der Waals surface area contributed by atoms with Crippen molar-refractivity contribution < 1.29 is 9.32 Å². The number of aryl methyl sites for hydroxylation is 1. The number of hydrogen-bond acceptors (Lipinski definition) is 4. The van der Waals surface area contributed by atoms with Crippen molar-refractivity contribution in [3.05, 3.63) is 47.9 Å². The van der Waals surface area contributed by atoms with E-state index in [1.165, 1.54) is 0 Å². The molecule has 6 nitrogen and oxygen atoms in total. The Morgan fingerprint density at radius 3 is 3.04 bits per heavy atom. The fraction of sp³-hybridized carbons (Fsp3) is 0.421. The van der Waals surface area contributed by atoms with Crippen molar-refractivity contribution in [3.8, 4) is 0 Å². The van der Waals surface area contributed by atoms with E-state index in [2.05, 4.69) is 10.3 Å². The lowest BCUT2D eigenvalue weighted by atomic mass is 10.0. The molecule has 1 amide bonds. The maximum atomic E-state index is 12.9. The molecule has 0 spiro atoms. The molecule has 0 aliphatic carbocycles. The van der Waals surface area contributed by atoms with Crippen molar-refractivity contribution in [2.45, 2.75) is 45.2 Å². The van der Waals surface area contributed by atoms with Crippen LogP contribution in [0.15, 0.2) is 41.2 Å². The van der Waals surface area contributed by atoms with Gasteiger partial charge >= 0.3 is 0 Å². The van der Waals surface area contributed by atoms with Gasteiger partial charge < -0.3 is 9.42 Å². The summed E-state index contributed by atoms with van der Waals surface area (Å²) in [5.41, 5.74) is 2.59. The molecule has 1 aliphatic rings. The summed E-state index contributed by atoms with van der Waals surface area (Å²) in [5, 5.41) is 9.40. The van der Waals surface area contributed by atoms with Crippen molar-refractivity contribution in [1.29, 1.82) is 0 Å². The molecule has 0 bridgehead atoms. The third-order valence-corrected chi connectivity index (χ3v) is 4.88. The van der Waals surface area contributed by atoms with E-state index < -0.39 is 0 Å². The Hall–Kier alpha value is -2.63. The van der Waals surface area contributed by atoms with Gasteiger partial charge in [-0.15, -0.1) is 0 Å². The van der Waals surface area contributed by atoms with Crippen LogP contribution in [-0.2, 0) is 17.8 Å². The molecule has 3 heterocycles. The minimum Gasteiger partial charge on any atom is -0.356 e. The van der Waals surface area contributed by atoms with E-state index in [0.29, 0.717) is 0 Å². The van der Waals surface area contributed by atoms with Crippen LogP contribution in [-0.4, -0.2) is 38.3 Å². The molecule has 130 valence electrons. The van der Waals surface area contributed by atoms with Gasteiger partial charge in [0.2, 0.25) is 5.91 Å². The monoisotopic (exact) mass is 338 g/mol. The van der Waals surface area contributed by atoms with Crippen LogP contribution in [0.1, 0.15) is 30.5 Å². The highest BCUT2D eigenvalue weighted by atomic mass is 16.5. The standard InChI is InChI=1S/C19H22N4O2/c1-14-11-20-22(12-14)13-15-6-4-5-9-23(15)19(24)10-17-16-7-2-3-8-18(16)25-21-17/h2-3,7-8,11-12,15H,4-6,9-10,13H2,1H3/t15-/m1/s1. The molecule has 0 saturated carbocycles. The van der Waals surface area contributed by atoms with Gasteiger partial charge in [-0.3, -0.25) is 9.48 Å². The molecule has 4 rings (SSSR count). The first kappa shape index (κ1) is 15.9. The fourth-order valence-electron chi connectivity index (χ4n) is 3.61. The quantitative estimate of drug-likeness (QED) is 0.734. The van der Waals surface area contributed by atoms with Gasteiger partial charge in [-0.05, 0) is 43.9 Å². The zero-order chi connectivity index (χ0) is 17.2. The normalized spacial score (nSPS) is 18.0. The highest BCUT2D eigenvalue weighted by Crippen LogP contribution is 2.22. The summed E-state index contributed by atoms with van der Waals surface area (Å²) in [6.07, 6.45) is 7.40. The van der Waals surface area contributed by atoms with Crippen LogP contribution in [0.5, 0.6) is 0 Å². The zero-order valence-corrected chi connectivity index (χ0v) is 14.4. The number of aromatic nitrogens is 3. The van der Waals surface area contributed by atoms with E-state index in [4.69, 9.17) is 4.52 Å². The second-order valence-corrected chi connectivity index (χ2v) is 6.78. The van der Waals surface area contributed by atoms with Crippen LogP contribution in [0.4, 0.5) is 0 Å². The molecule has 1 aliphatic heterocycles. The number of nitrogens with zero attached hydrogens (tertiary/aromatic N) is 4. The highest BCUT2D eigenvalue weighted by Gasteiger charge is 2.28. The molecule has 2 aromatic heterocycles. The topological polar surface area (TPSA) is 64.2 Å². The second-order valence-electron chi connectivity index (χ2n) is 6.78. The molecule has 6 heteroatoms. The van der Waals surface area contributed by atoms with E-state index in [1.54, 1.807) is 0 Å². The van der Waals surface area contributed by atoms with Crippen LogP contribution >= 0.6 is 0 Å². The van der Waals surface area contributed by atoms with Gasteiger partial charge in [0.15, 0.2) is 5.58 Å². The van der Waals surface area contributed by atoms with Crippen LogP contribution in [0, 0.1) is 6.92 Å². The third kappa shape index (κ3) is 3.29. The number of amides is 1. The van der Waals surface area contributed by atoms with Crippen LogP contribution in [0.3, 0.4) is 0 Å². The highest BCUT2D eigenvalue weighted by molar-refractivity contribution is 5.86. The van der Waals surface area contributed by atoms with Crippen molar-refractivity contribution in [2.24, 2.45) is 0 Å². The maximum Gasteiger partial charge on any atom is 0.229 e. The lowest BCUT2D eigenvalue weighted by Crippen LogP contribution is -2.46. The van der Waals surface area contributed by atoms with Crippen molar-refractivity contribution in [1.82, 2.24) is 19.8 Å². The Morgan fingerprint density at radius 1 is 1.32 bits per heavy atom. The number of fused-ring (bicyclic) bond motifs is 1. The number of likely N-dealkylation sites (tertiary alicyclic amines) is 1. The molecule has 25 heavy (non-hydrogen) atoms. The Morgan fingerprint density at radius 2 is 2.20 bits per heavy atom.